The molecule has 0 aromatic heterocycles. The second-order valence-electron chi connectivity index (χ2n) is 7.37. The fourth-order valence-corrected chi connectivity index (χ4v) is 3.96. The van der Waals surface area contributed by atoms with Crippen LogP contribution in [0.2, 0.25) is 0 Å². The molecule has 2 aromatic carbocycles. The van der Waals surface area contributed by atoms with E-state index in [0.717, 1.165) is 5.56 Å². The van der Waals surface area contributed by atoms with Crippen molar-refractivity contribution in [2.45, 2.75) is 37.7 Å². The van der Waals surface area contributed by atoms with Gasteiger partial charge in [-0.2, -0.15) is 0 Å². The average molecular weight is 386 g/mol. The van der Waals surface area contributed by atoms with Gasteiger partial charge in [0.05, 0.1) is 4.90 Å². The van der Waals surface area contributed by atoms with Crippen LogP contribution in [0.25, 0.3) is 0 Å². The molecule has 1 aliphatic heterocycles. The van der Waals surface area contributed by atoms with Crippen LogP contribution in [0, 0.1) is 0 Å². The summed E-state index contributed by atoms with van der Waals surface area (Å²) in [6.07, 6.45) is 0. The molecular weight excluding hydrogens is 364 g/mol. The molecule has 0 bridgehead atoms. The Bertz CT molecular complexity index is 987. The molecule has 27 heavy (non-hydrogen) atoms. The van der Waals surface area contributed by atoms with E-state index in [1.54, 1.807) is 18.2 Å². The highest BCUT2D eigenvalue weighted by Gasteiger charge is 2.30. The molecule has 0 aliphatic carbocycles. The van der Waals surface area contributed by atoms with Crippen LogP contribution in [0.4, 0.5) is 0 Å². The minimum atomic E-state index is -3.61. The first-order valence-corrected chi connectivity index (χ1v) is 10.1. The first kappa shape index (κ1) is 19.1. The molecule has 142 valence electrons. The smallest absolute Gasteiger partial charge is 0.328 e. The predicted octanol–water partition coefficient (Wildman–Crippen LogP) is 2.77. The van der Waals surface area contributed by atoms with Gasteiger partial charge < -0.3 is 4.74 Å². The number of carbonyl (C=O) groups excluding carboxylic acids is 1. The standard InChI is InChI=1S/C20H22N2O4S/c1-20(2,3)15-10-8-14(9-11-15)13-26-18(23)12-21-19-16-6-4-5-7-17(16)27(24,25)22-19/h4-11H,12-13H2,1-3H3,(H,21,22). The van der Waals surface area contributed by atoms with Crippen molar-refractivity contribution in [2.24, 2.45) is 4.99 Å². The van der Waals surface area contributed by atoms with Gasteiger partial charge in [0, 0.05) is 5.56 Å². The van der Waals surface area contributed by atoms with Crippen molar-refractivity contribution in [1.82, 2.24) is 4.72 Å². The molecule has 0 saturated carbocycles. The number of amidine groups is 1. The first-order chi connectivity index (χ1) is 12.7. The monoisotopic (exact) mass is 386 g/mol. The lowest BCUT2D eigenvalue weighted by Crippen LogP contribution is -2.23. The van der Waals surface area contributed by atoms with E-state index in [9.17, 15) is 13.2 Å². The number of nitrogens with zero attached hydrogens (tertiary/aromatic N) is 1. The van der Waals surface area contributed by atoms with Crippen LogP contribution in [0.15, 0.2) is 58.4 Å². The van der Waals surface area contributed by atoms with Crippen molar-refractivity contribution in [3.05, 3.63) is 65.2 Å². The third-order valence-corrected chi connectivity index (χ3v) is 5.65. The predicted molar refractivity (Wildman–Crippen MR) is 103 cm³/mol. The molecule has 2 aromatic rings. The van der Waals surface area contributed by atoms with Crippen LogP contribution in [0.1, 0.15) is 37.5 Å². The zero-order valence-corrected chi connectivity index (χ0v) is 16.3. The summed E-state index contributed by atoms with van der Waals surface area (Å²) in [5.74, 6) is -0.358. The fraction of sp³-hybridized carbons (Fsp3) is 0.300. The highest BCUT2D eigenvalue weighted by atomic mass is 32.2. The zero-order chi connectivity index (χ0) is 19.7. The number of esters is 1. The molecule has 0 fully saturated rings. The van der Waals surface area contributed by atoms with Gasteiger partial charge in [0.15, 0.2) is 0 Å². The van der Waals surface area contributed by atoms with Crippen LogP contribution in [-0.4, -0.2) is 26.8 Å². The van der Waals surface area contributed by atoms with E-state index in [1.807, 2.05) is 24.3 Å². The average Bonchev–Trinajstić information content (AvgIpc) is 2.89. The van der Waals surface area contributed by atoms with E-state index in [4.69, 9.17) is 4.74 Å². The van der Waals surface area contributed by atoms with Gasteiger partial charge in [-0.1, -0.05) is 57.2 Å². The third-order valence-electron chi connectivity index (χ3n) is 4.25. The van der Waals surface area contributed by atoms with Crippen LogP contribution in [0.5, 0.6) is 0 Å². The number of fused-ring (bicyclic) bond motifs is 1. The minimum Gasteiger partial charge on any atom is -0.459 e. The van der Waals surface area contributed by atoms with Gasteiger partial charge in [0.1, 0.15) is 19.0 Å². The normalized spacial score (nSPS) is 16.6. The molecule has 0 radical (unpaired) electrons. The number of sulfonamides is 1. The largest absolute Gasteiger partial charge is 0.459 e. The van der Waals surface area contributed by atoms with Crippen molar-refractivity contribution in [3.63, 3.8) is 0 Å². The van der Waals surface area contributed by atoms with Gasteiger partial charge in [0.2, 0.25) is 0 Å². The number of hydrogen-bond donors (Lipinski definition) is 1. The highest BCUT2D eigenvalue weighted by Crippen LogP contribution is 2.23. The Morgan fingerprint density at radius 1 is 1.07 bits per heavy atom. The Hall–Kier alpha value is -2.67. The zero-order valence-electron chi connectivity index (χ0n) is 15.5. The Kier molecular flexibility index (Phi) is 5.06. The summed E-state index contributed by atoms with van der Waals surface area (Å²) in [6, 6.07) is 14.4. The molecule has 0 unspecified atom stereocenters. The molecule has 0 atom stereocenters. The second kappa shape index (κ2) is 7.15. The molecule has 3 rings (SSSR count). The number of ether oxygens (including phenoxy) is 1. The first-order valence-electron chi connectivity index (χ1n) is 8.58. The second-order valence-corrected chi connectivity index (χ2v) is 9.02. The number of carbonyl (C=O) groups is 1. The van der Waals surface area contributed by atoms with Crippen molar-refractivity contribution in [2.75, 3.05) is 6.54 Å². The summed E-state index contributed by atoms with van der Waals surface area (Å²) < 4.78 is 31.6. The summed E-state index contributed by atoms with van der Waals surface area (Å²) in [7, 11) is -3.61. The number of benzene rings is 2. The van der Waals surface area contributed by atoms with Gasteiger partial charge in [0.25, 0.3) is 10.0 Å². The lowest BCUT2D eigenvalue weighted by Gasteiger charge is -2.19. The van der Waals surface area contributed by atoms with Crippen LogP contribution < -0.4 is 4.72 Å². The molecule has 1 aliphatic rings. The molecule has 0 spiro atoms. The summed E-state index contributed by atoms with van der Waals surface area (Å²) in [5.41, 5.74) is 2.62. The van der Waals surface area contributed by atoms with Crippen LogP contribution in [0.3, 0.4) is 0 Å². The molecule has 0 saturated heterocycles. The maximum absolute atomic E-state index is 12.0. The van der Waals surface area contributed by atoms with Gasteiger partial charge >= 0.3 is 5.97 Å². The van der Waals surface area contributed by atoms with E-state index in [2.05, 4.69) is 30.5 Å². The van der Waals surface area contributed by atoms with Gasteiger partial charge in [-0.3, -0.25) is 14.5 Å². The fourth-order valence-electron chi connectivity index (χ4n) is 2.71. The van der Waals surface area contributed by atoms with E-state index in [-0.39, 0.29) is 29.3 Å². The maximum atomic E-state index is 12.0. The Balaban J connectivity index is 1.60. The third kappa shape index (κ3) is 4.36. The molecule has 1 heterocycles. The van der Waals surface area contributed by atoms with E-state index in [0.29, 0.717) is 5.56 Å². The van der Waals surface area contributed by atoms with Crippen LogP contribution >= 0.6 is 0 Å². The number of rotatable bonds is 4. The summed E-state index contributed by atoms with van der Waals surface area (Å²) in [4.78, 5) is 16.2. The summed E-state index contributed by atoms with van der Waals surface area (Å²) in [5, 5.41) is 0. The van der Waals surface area contributed by atoms with E-state index < -0.39 is 16.0 Å². The number of aliphatic imine (C=N–C) groups is 1. The van der Waals surface area contributed by atoms with Gasteiger partial charge in [-0.15, -0.1) is 0 Å². The molecule has 6 nitrogen and oxygen atoms in total. The summed E-state index contributed by atoms with van der Waals surface area (Å²) in [6.45, 7) is 6.30. The van der Waals surface area contributed by atoms with E-state index in [1.165, 1.54) is 11.6 Å². The van der Waals surface area contributed by atoms with Crippen molar-refractivity contribution in [3.8, 4) is 0 Å². The van der Waals surface area contributed by atoms with Crippen molar-refractivity contribution in [1.29, 1.82) is 0 Å². The number of nitrogens with one attached hydrogen (secondary N) is 1. The molecule has 0 amide bonds. The van der Waals surface area contributed by atoms with Crippen molar-refractivity contribution < 1.29 is 17.9 Å². The molecule has 7 heteroatoms. The lowest BCUT2D eigenvalue weighted by molar-refractivity contribution is -0.143. The van der Waals surface area contributed by atoms with E-state index >= 15 is 0 Å². The SMILES string of the molecule is CC(C)(C)c1ccc(COC(=O)CN=C2NS(=O)(=O)c3ccccc32)cc1. The molecular formula is C20H22N2O4S. The number of hydrogen-bond acceptors (Lipinski definition) is 5. The van der Waals surface area contributed by atoms with Crippen LogP contribution in [-0.2, 0) is 31.6 Å². The topological polar surface area (TPSA) is 84.8 Å². The quantitative estimate of drug-likeness (QED) is 0.819. The molecule has 1 N–H and O–H groups in total. The highest BCUT2D eigenvalue weighted by molar-refractivity contribution is 7.90. The van der Waals surface area contributed by atoms with Gasteiger partial charge in [-0.25, -0.2) is 8.42 Å². The lowest BCUT2D eigenvalue weighted by atomic mass is 9.87. The Labute approximate surface area is 159 Å². The maximum Gasteiger partial charge on any atom is 0.328 e. The summed E-state index contributed by atoms with van der Waals surface area (Å²) >= 11 is 0. The van der Waals surface area contributed by atoms with Gasteiger partial charge in [-0.05, 0) is 28.7 Å². The van der Waals surface area contributed by atoms with Crippen molar-refractivity contribution >= 4 is 21.8 Å². The Morgan fingerprint density at radius 2 is 1.74 bits per heavy atom. The Morgan fingerprint density at radius 3 is 2.41 bits per heavy atom. The minimum absolute atomic E-state index is 0.0657.